The van der Waals surface area contributed by atoms with Crippen molar-refractivity contribution in [2.75, 3.05) is 0 Å². The lowest BCUT2D eigenvalue weighted by molar-refractivity contribution is 0.0812. The lowest BCUT2D eigenvalue weighted by Crippen LogP contribution is -2.31. The molecule has 0 heterocycles. The van der Waals surface area contributed by atoms with Crippen LogP contribution in [0.1, 0.15) is 59.3 Å². The van der Waals surface area contributed by atoms with Gasteiger partial charge >= 0.3 is 0 Å². The van der Waals surface area contributed by atoms with E-state index in [9.17, 15) is 0 Å². The summed E-state index contributed by atoms with van der Waals surface area (Å²) >= 11 is 0. The molecular weight excluding hydrogens is 132 g/mol. The van der Waals surface area contributed by atoms with Crippen LogP contribution in [-0.2, 0) is 0 Å². The Morgan fingerprint density at radius 1 is 1.09 bits per heavy atom. The van der Waals surface area contributed by atoms with E-state index in [2.05, 4.69) is 6.92 Å². The first kappa shape index (κ1) is 9.09. The fourth-order valence-corrected chi connectivity index (χ4v) is 2.73. The zero-order chi connectivity index (χ0) is 8.32. The highest BCUT2D eigenvalue weighted by Gasteiger charge is 2.40. The average Bonchev–Trinajstić information content (AvgIpc) is 2.23. The molecule has 0 saturated heterocycles. The topological polar surface area (TPSA) is 0 Å². The van der Waals surface area contributed by atoms with E-state index < -0.39 is 0 Å². The summed E-state index contributed by atoms with van der Waals surface area (Å²) < 4.78 is 0. The summed E-state index contributed by atoms with van der Waals surface area (Å²) in [6.07, 6.45) is 9.17. The van der Waals surface area contributed by atoms with Gasteiger partial charge in [-0.15, -0.1) is 0 Å². The number of rotatable bonds is 0. The number of hydrogen-bond donors (Lipinski definition) is 0. The van der Waals surface area contributed by atoms with Gasteiger partial charge < -0.3 is 0 Å². The van der Waals surface area contributed by atoms with Gasteiger partial charge in [-0.2, -0.15) is 0 Å². The molecule has 11 heavy (non-hydrogen) atoms. The zero-order valence-electron chi connectivity index (χ0n) is 8.32. The molecule has 0 radical (unpaired) electrons. The third kappa shape index (κ3) is 1.98. The van der Waals surface area contributed by atoms with Crippen molar-refractivity contribution in [1.29, 1.82) is 0 Å². The van der Waals surface area contributed by atoms with Gasteiger partial charge in [0.05, 0.1) is 0 Å². The van der Waals surface area contributed by atoms with Crippen LogP contribution in [0.5, 0.6) is 0 Å². The summed E-state index contributed by atoms with van der Waals surface area (Å²) in [7, 11) is 0. The molecule has 3 aliphatic rings. The van der Waals surface area contributed by atoms with Gasteiger partial charge in [-0.25, -0.2) is 0 Å². The minimum atomic E-state index is 0.807. The summed E-state index contributed by atoms with van der Waals surface area (Å²) in [5.41, 5.74) is 0.807. The van der Waals surface area contributed by atoms with E-state index in [-0.39, 0.29) is 0 Å². The lowest BCUT2D eigenvalue weighted by atomic mass is 9.62. The molecule has 0 heteroatoms. The average molecular weight is 154 g/mol. The Labute approximate surface area is 71.4 Å². The van der Waals surface area contributed by atoms with Crippen molar-refractivity contribution in [2.45, 2.75) is 59.3 Å². The standard InChI is InChI=1S/C9H16.C2H6/c1-9-5-3-2-4-8(6-9)7-9;1-2/h8H,2-7H2,1H3;1-2H3. The molecule has 0 aromatic carbocycles. The maximum atomic E-state index is 2.47. The summed E-state index contributed by atoms with van der Waals surface area (Å²) in [5.74, 6) is 1.14. The normalized spacial score (nSPS) is 41.2. The van der Waals surface area contributed by atoms with Gasteiger partial charge in [-0.1, -0.05) is 40.0 Å². The van der Waals surface area contributed by atoms with Crippen LogP contribution in [0.3, 0.4) is 0 Å². The largest absolute Gasteiger partial charge is 0.0683 e. The molecule has 3 rings (SSSR count). The molecule has 0 unspecified atom stereocenters. The monoisotopic (exact) mass is 154 g/mol. The van der Waals surface area contributed by atoms with Gasteiger partial charge in [0.15, 0.2) is 0 Å². The Balaban J connectivity index is 0.000000281. The summed E-state index contributed by atoms with van der Waals surface area (Å²) in [4.78, 5) is 0. The Morgan fingerprint density at radius 3 is 2.36 bits per heavy atom. The molecule has 3 aliphatic carbocycles. The highest BCUT2D eigenvalue weighted by Crippen LogP contribution is 2.53. The van der Waals surface area contributed by atoms with Crippen molar-refractivity contribution in [2.24, 2.45) is 11.3 Å². The van der Waals surface area contributed by atoms with E-state index in [1.165, 1.54) is 25.7 Å². The molecule has 3 saturated carbocycles. The fourth-order valence-electron chi connectivity index (χ4n) is 2.73. The van der Waals surface area contributed by atoms with Crippen LogP contribution < -0.4 is 0 Å². The minimum Gasteiger partial charge on any atom is -0.0683 e. The second kappa shape index (κ2) is 3.60. The van der Waals surface area contributed by atoms with Crippen LogP contribution in [0.4, 0.5) is 0 Å². The van der Waals surface area contributed by atoms with Crippen LogP contribution in [0.25, 0.3) is 0 Å². The van der Waals surface area contributed by atoms with E-state index in [0.717, 1.165) is 11.3 Å². The van der Waals surface area contributed by atoms with E-state index in [0.29, 0.717) is 0 Å². The quantitative estimate of drug-likeness (QED) is 0.494. The first-order valence-corrected chi connectivity index (χ1v) is 5.29. The maximum Gasteiger partial charge on any atom is -0.0321 e. The molecule has 66 valence electrons. The Morgan fingerprint density at radius 2 is 1.73 bits per heavy atom. The zero-order valence-corrected chi connectivity index (χ0v) is 8.32. The van der Waals surface area contributed by atoms with Gasteiger partial charge in [0.25, 0.3) is 0 Å². The molecular formula is C11H22. The van der Waals surface area contributed by atoms with Crippen molar-refractivity contribution in [1.82, 2.24) is 0 Å². The van der Waals surface area contributed by atoms with Gasteiger partial charge in [0.2, 0.25) is 0 Å². The van der Waals surface area contributed by atoms with Gasteiger partial charge in [-0.3, -0.25) is 0 Å². The van der Waals surface area contributed by atoms with E-state index in [1.807, 2.05) is 13.8 Å². The third-order valence-corrected chi connectivity index (χ3v) is 3.21. The molecule has 0 N–H and O–H groups in total. The Bertz CT molecular complexity index is 104. The smallest absolute Gasteiger partial charge is 0.0321 e. The van der Waals surface area contributed by atoms with Gasteiger partial charge in [-0.05, 0) is 30.6 Å². The Hall–Kier alpha value is 0. The SMILES string of the molecule is CC.CC12CCCCC(C1)C2. The third-order valence-electron chi connectivity index (χ3n) is 3.21. The van der Waals surface area contributed by atoms with Crippen LogP contribution >= 0.6 is 0 Å². The predicted octanol–water partition coefficient (Wildman–Crippen LogP) is 4.00. The van der Waals surface area contributed by atoms with Gasteiger partial charge in [0.1, 0.15) is 0 Å². The van der Waals surface area contributed by atoms with Crippen molar-refractivity contribution < 1.29 is 0 Å². The second-order valence-electron chi connectivity index (χ2n) is 4.33. The van der Waals surface area contributed by atoms with Crippen LogP contribution in [0.15, 0.2) is 0 Å². The molecule has 0 aromatic rings. The molecule has 3 fully saturated rings. The first-order chi connectivity index (χ1) is 5.29. The van der Waals surface area contributed by atoms with Crippen LogP contribution in [0, 0.1) is 11.3 Å². The number of fused-ring (bicyclic) bond motifs is 3. The fraction of sp³-hybridized carbons (Fsp3) is 1.00. The Kier molecular flexibility index (Phi) is 2.98. The highest BCUT2D eigenvalue weighted by molar-refractivity contribution is 4.92. The summed E-state index contributed by atoms with van der Waals surface area (Å²) in [6.45, 7) is 6.47. The summed E-state index contributed by atoms with van der Waals surface area (Å²) in [6, 6.07) is 0. The van der Waals surface area contributed by atoms with E-state index >= 15 is 0 Å². The lowest BCUT2D eigenvalue weighted by Gasteiger charge is -2.43. The predicted molar refractivity (Wildman–Crippen MR) is 50.6 cm³/mol. The number of hydrogen-bond acceptors (Lipinski definition) is 0. The first-order valence-electron chi connectivity index (χ1n) is 5.29. The van der Waals surface area contributed by atoms with Crippen molar-refractivity contribution in [3.05, 3.63) is 0 Å². The molecule has 0 aromatic heterocycles. The minimum absolute atomic E-state index is 0.807. The van der Waals surface area contributed by atoms with Crippen LogP contribution in [-0.4, -0.2) is 0 Å². The van der Waals surface area contributed by atoms with Crippen molar-refractivity contribution >= 4 is 0 Å². The molecule has 2 bridgehead atoms. The van der Waals surface area contributed by atoms with Crippen molar-refractivity contribution in [3.8, 4) is 0 Å². The second-order valence-corrected chi connectivity index (χ2v) is 4.33. The van der Waals surface area contributed by atoms with Gasteiger partial charge in [0, 0.05) is 0 Å². The highest BCUT2D eigenvalue weighted by atomic mass is 14.5. The molecule has 0 nitrogen and oxygen atoms in total. The molecule has 0 spiro atoms. The maximum absolute atomic E-state index is 2.47. The molecule has 0 aliphatic heterocycles. The van der Waals surface area contributed by atoms with E-state index in [4.69, 9.17) is 0 Å². The van der Waals surface area contributed by atoms with E-state index in [1.54, 1.807) is 12.8 Å². The molecule has 0 amide bonds. The van der Waals surface area contributed by atoms with Crippen LogP contribution in [0.2, 0.25) is 0 Å². The molecule has 0 atom stereocenters. The summed E-state index contributed by atoms with van der Waals surface area (Å²) in [5, 5.41) is 0. The van der Waals surface area contributed by atoms with Crippen molar-refractivity contribution in [3.63, 3.8) is 0 Å².